The lowest BCUT2D eigenvalue weighted by atomic mass is 10.1. The number of anilines is 1. The zero-order valence-corrected chi connectivity index (χ0v) is 21.3. The highest BCUT2D eigenvalue weighted by Crippen LogP contribution is 2.28. The molecule has 2 aromatic rings. The van der Waals surface area contributed by atoms with E-state index in [1.54, 1.807) is 42.5 Å². The quantitative estimate of drug-likeness (QED) is 0.290. The molecule has 0 atom stereocenters. The van der Waals surface area contributed by atoms with Crippen molar-refractivity contribution in [2.24, 2.45) is 5.92 Å². The van der Waals surface area contributed by atoms with E-state index in [0.29, 0.717) is 27.9 Å². The van der Waals surface area contributed by atoms with Gasteiger partial charge in [0.25, 0.3) is 11.8 Å². The SMILES string of the molecule is CC(C)CC(=O)Nc1ccc(C(=O)NNC(=S)NC(=O)COc2ccc(Br)cc2Br)cc1. The molecule has 0 aliphatic carbocycles. The summed E-state index contributed by atoms with van der Waals surface area (Å²) in [5.41, 5.74) is 5.79. The molecule has 0 aromatic heterocycles. The molecule has 0 saturated carbocycles. The third-order valence-corrected chi connectivity index (χ3v) is 5.14. The molecular weight excluding hydrogens is 564 g/mol. The van der Waals surface area contributed by atoms with Crippen LogP contribution in [0.1, 0.15) is 30.6 Å². The maximum Gasteiger partial charge on any atom is 0.269 e. The minimum atomic E-state index is -0.493. The highest BCUT2D eigenvalue weighted by Gasteiger charge is 2.11. The smallest absolute Gasteiger partial charge is 0.269 e. The number of hydrogen-bond donors (Lipinski definition) is 4. The fourth-order valence-corrected chi connectivity index (χ4v) is 3.73. The molecule has 4 N–H and O–H groups in total. The van der Waals surface area contributed by atoms with Gasteiger partial charge in [0.1, 0.15) is 5.75 Å². The van der Waals surface area contributed by atoms with Crippen LogP contribution in [0.4, 0.5) is 5.69 Å². The zero-order chi connectivity index (χ0) is 23.7. The van der Waals surface area contributed by atoms with Gasteiger partial charge in [-0.15, -0.1) is 0 Å². The number of hydrazine groups is 1. The van der Waals surface area contributed by atoms with Crippen LogP contribution in [-0.4, -0.2) is 29.4 Å². The van der Waals surface area contributed by atoms with E-state index in [0.717, 1.165) is 4.47 Å². The number of nitrogens with one attached hydrogen (secondary N) is 4. The summed E-state index contributed by atoms with van der Waals surface area (Å²) in [7, 11) is 0. The maximum absolute atomic E-state index is 12.2. The second-order valence-electron chi connectivity index (χ2n) is 7.04. The molecule has 0 bridgehead atoms. The predicted octanol–water partition coefficient (Wildman–Crippen LogP) is 3.91. The van der Waals surface area contributed by atoms with Gasteiger partial charge in [-0.3, -0.25) is 30.6 Å². The van der Waals surface area contributed by atoms with Gasteiger partial charge < -0.3 is 10.1 Å². The van der Waals surface area contributed by atoms with Crippen molar-refractivity contribution in [1.82, 2.24) is 16.2 Å². The van der Waals surface area contributed by atoms with Gasteiger partial charge in [0.2, 0.25) is 5.91 Å². The first-order chi connectivity index (χ1) is 15.1. The van der Waals surface area contributed by atoms with E-state index in [9.17, 15) is 14.4 Å². The van der Waals surface area contributed by atoms with Gasteiger partial charge in [-0.25, -0.2) is 0 Å². The predicted molar refractivity (Wildman–Crippen MR) is 133 cm³/mol. The second-order valence-corrected chi connectivity index (χ2v) is 9.22. The molecule has 170 valence electrons. The topological polar surface area (TPSA) is 109 Å². The molecule has 0 unspecified atom stereocenters. The molecule has 32 heavy (non-hydrogen) atoms. The number of halogens is 2. The first-order valence-electron chi connectivity index (χ1n) is 9.52. The second kappa shape index (κ2) is 12.5. The van der Waals surface area contributed by atoms with Crippen LogP contribution in [0, 0.1) is 5.92 Å². The van der Waals surface area contributed by atoms with Gasteiger partial charge in [0, 0.05) is 22.1 Å². The number of ether oxygens (including phenoxy) is 1. The Morgan fingerprint density at radius 1 is 1.00 bits per heavy atom. The Labute approximate surface area is 208 Å². The first kappa shape index (κ1) is 25.8. The summed E-state index contributed by atoms with van der Waals surface area (Å²) in [5, 5.41) is 5.09. The van der Waals surface area contributed by atoms with Crippen molar-refractivity contribution in [2.45, 2.75) is 20.3 Å². The summed E-state index contributed by atoms with van der Waals surface area (Å²) in [6.07, 6.45) is 0.417. The lowest BCUT2D eigenvalue weighted by Gasteiger charge is -2.12. The molecule has 0 radical (unpaired) electrons. The Morgan fingerprint density at radius 3 is 2.31 bits per heavy atom. The van der Waals surface area contributed by atoms with Crippen LogP contribution in [0.15, 0.2) is 51.4 Å². The van der Waals surface area contributed by atoms with Crippen LogP contribution in [0.3, 0.4) is 0 Å². The summed E-state index contributed by atoms with van der Waals surface area (Å²) >= 11 is 11.7. The van der Waals surface area contributed by atoms with E-state index in [-0.39, 0.29) is 23.5 Å². The highest BCUT2D eigenvalue weighted by atomic mass is 79.9. The van der Waals surface area contributed by atoms with Crippen LogP contribution in [0.5, 0.6) is 5.75 Å². The third-order valence-electron chi connectivity index (χ3n) is 3.82. The lowest BCUT2D eigenvalue weighted by molar-refractivity contribution is -0.121. The number of carbonyl (C=O) groups is 3. The van der Waals surface area contributed by atoms with Crippen molar-refractivity contribution in [3.63, 3.8) is 0 Å². The Kier molecular flexibility index (Phi) is 10.1. The molecule has 0 saturated heterocycles. The molecule has 2 rings (SSSR count). The van der Waals surface area contributed by atoms with E-state index in [4.69, 9.17) is 17.0 Å². The van der Waals surface area contributed by atoms with Gasteiger partial charge in [0.05, 0.1) is 4.47 Å². The van der Waals surface area contributed by atoms with Crippen LogP contribution in [0.2, 0.25) is 0 Å². The summed E-state index contributed by atoms with van der Waals surface area (Å²) in [4.78, 5) is 36.0. The average molecular weight is 586 g/mol. The number of carbonyl (C=O) groups excluding carboxylic acids is 3. The molecule has 0 aliphatic rings. The molecule has 0 fully saturated rings. The highest BCUT2D eigenvalue weighted by molar-refractivity contribution is 9.11. The Hall–Kier alpha value is -2.50. The lowest BCUT2D eigenvalue weighted by Crippen LogP contribution is -2.49. The zero-order valence-electron chi connectivity index (χ0n) is 17.3. The molecule has 0 spiro atoms. The normalized spacial score (nSPS) is 10.3. The number of rotatable bonds is 7. The van der Waals surface area contributed by atoms with Crippen LogP contribution >= 0.6 is 44.1 Å². The minimum absolute atomic E-state index is 0.0839. The van der Waals surface area contributed by atoms with E-state index in [2.05, 4.69) is 53.3 Å². The standard InChI is InChI=1S/C21H22Br2N4O4S/c1-12(2)9-18(28)24-15-6-3-13(4-7-15)20(30)26-27-21(32)25-19(29)11-31-17-8-5-14(22)10-16(17)23/h3-8,10,12H,9,11H2,1-2H3,(H,24,28)(H,26,30)(H2,25,27,29,32). The van der Waals surface area contributed by atoms with Crippen molar-refractivity contribution in [3.8, 4) is 5.75 Å². The third kappa shape index (κ3) is 8.93. The van der Waals surface area contributed by atoms with E-state index < -0.39 is 11.8 Å². The number of hydrogen-bond acceptors (Lipinski definition) is 5. The minimum Gasteiger partial charge on any atom is -0.483 e. The van der Waals surface area contributed by atoms with Gasteiger partial charge in [0.15, 0.2) is 11.7 Å². The van der Waals surface area contributed by atoms with Crippen molar-refractivity contribution >= 4 is 72.6 Å². The van der Waals surface area contributed by atoms with E-state index in [1.807, 2.05) is 13.8 Å². The molecule has 0 heterocycles. The molecular formula is C21H22Br2N4O4S. The molecule has 11 heteroatoms. The fraction of sp³-hybridized carbons (Fsp3) is 0.238. The maximum atomic E-state index is 12.2. The Balaban J connectivity index is 1.75. The van der Waals surface area contributed by atoms with Crippen LogP contribution < -0.4 is 26.2 Å². The fourth-order valence-electron chi connectivity index (χ4n) is 2.40. The number of amides is 3. The van der Waals surface area contributed by atoms with Gasteiger partial charge >= 0.3 is 0 Å². The summed E-state index contributed by atoms with van der Waals surface area (Å²) in [6.45, 7) is 3.66. The summed E-state index contributed by atoms with van der Waals surface area (Å²) < 4.78 is 6.99. The Bertz CT molecular complexity index is 1000. The molecule has 2 aromatic carbocycles. The van der Waals surface area contributed by atoms with Crippen molar-refractivity contribution in [1.29, 1.82) is 0 Å². The van der Waals surface area contributed by atoms with Crippen molar-refractivity contribution < 1.29 is 19.1 Å². The Morgan fingerprint density at radius 2 is 1.69 bits per heavy atom. The van der Waals surface area contributed by atoms with E-state index in [1.165, 1.54) is 0 Å². The van der Waals surface area contributed by atoms with E-state index >= 15 is 0 Å². The van der Waals surface area contributed by atoms with Crippen LogP contribution in [0.25, 0.3) is 0 Å². The summed E-state index contributed by atoms with van der Waals surface area (Å²) in [6, 6.07) is 11.7. The largest absolute Gasteiger partial charge is 0.483 e. The molecule has 8 nitrogen and oxygen atoms in total. The van der Waals surface area contributed by atoms with Gasteiger partial charge in [-0.1, -0.05) is 29.8 Å². The number of benzene rings is 2. The molecule has 3 amide bonds. The van der Waals surface area contributed by atoms with Crippen LogP contribution in [-0.2, 0) is 9.59 Å². The van der Waals surface area contributed by atoms with Crippen molar-refractivity contribution in [3.05, 3.63) is 57.0 Å². The summed E-state index contributed by atoms with van der Waals surface area (Å²) in [5.74, 6) is -0.287. The van der Waals surface area contributed by atoms with Gasteiger partial charge in [-0.05, 0) is 76.5 Å². The average Bonchev–Trinajstić information content (AvgIpc) is 2.71. The van der Waals surface area contributed by atoms with Gasteiger partial charge in [-0.2, -0.15) is 0 Å². The molecule has 0 aliphatic heterocycles. The monoisotopic (exact) mass is 584 g/mol. The van der Waals surface area contributed by atoms with Crippen molar-refractivity contribution in [2.75, 3.05) is 11.9 Å². The first-order valence-corrected chi connectivity index (χ1v) is 11.5. The number of thiocarbonyl (C=S) groups is 1.